The van der Waals surface area contributed by atoms with E-state index in [0.717, 1.165) is 15.6 Å². The van der Waals surface area contributed by atoms with Crippen molar-refractivity contribution in [1.29, 1.82) is 0 Å². The Bertz CT molecular complexity index is 438. The maximum Gasteiger partial charge on any atom is 0.410 e. The Kier molecular flexibility index (Phi) is 4.79. The molecule has 0 saturated heterocycles. The van der Waals surface area contributed by atoms with E-state index in [9.17, 15) is 4.79 Å². The van der Waals surface area contributed by atoms with Crippen molar-refractivity contribution in [3.63, 3.8) is 0 Å². The van der Waals surface area contributed by atoms with Crippen LogP contribution in [0, 0.1) is 6.92 Å². The van der Waals surface area contributed by atoms with E-state index in [1.807, 2.05) is 45.9 Å². The molecule has 1 rings (SSSR count). The fraction of sp³-hybridized carbons (Fsp3) is 0.500. The number of halogens is 1. The summed E-state index contributed by atoms with van der Waals surface area (Å²) < 4.78 is 6.36. The van der Waals surface area contributed by atoms with Gasteiger partial charge in [0.25, 0.3) is 0 Å². The molecule has 0 aliphatic heterocycles. The summed E-state index contributed by atoms with van der Waals surface area (Å²) in [6.45, 7) is 8.17. The summed E-state index contributed by atoms with van der Waals surface area (Å²) in [5.41, 5.74) is 1.81. The molecule has 0 radical (unpaired) electrons. The van der Waals surface area contributed by atoms with Gasteiger partial charge in [0.15, 0.2) is 0 Å². The van der Waals surface area contributed by atoms with Crippen LogP contribution in [0.4, 0.5) is 4.79 Å². The van der Waals surface area contributed by atoms with Crippen LogP contribution in [0.1, 0.15) is 31.9 Å². The van der Waals surface area contributed by atoms with Gasteiger partial charge in [0.05, 0.1) is 0 Å². The number of benzene rings is 1. The van der Waals surface area contributed by atoms with Crippen LogP contribution in [0.3, 0.4) is 0 Å². The zero-order valence-electron chi connectivity index (χ0n) is 11.6. The zero-order valence-corrected chi connectivity index (χ0v) is 13.2. The Hall–Kier alpha value is -1.03. The lowest BCUT2D eigenvalue weighted by molar-refractivity contribution is 0.0285. The van der Waals surface area contributed by atoms with Crippen molar-refractivity contribution in [1.82, 2.24) is 4.90 Å². The van der Waals surface area contributed by atoms with Crippen molar-refractivity contribution < 1.29 is 9.53 Å². The molecule has 0 aliphatic carbocycles. The first-order chi connectivity index (χ1) is 8.19. The van der Waals surface area contributed by atoms with Gasteiger partial charge in [-0.3, -0.25) is 0 Å². The summed E-state index contributed by atoms with van der Waals surface area (Å²) in [5, 5.41) is 0. The molecule has 0 bridgehead atoms. The maximum absolute atomic E-state index is 11.8. The van der Waals surface area contributed by atoms with Crippen molar-refractivity contribution >= 4 is 22.0 Å². The lowest BCUT2D eigenvalue weighted by Crippen LogP contribution is -2.33. The number of carbonyl (C=O) groups excluding carboxylic acids is 1. The van der Waals surface area contributed by atoms with E-state index in [2.05, 4.69) is 15.9 Å². The number of rotatable bonds is 2. The normalized spacial score (nSPS) is 11.2. The Morgan fingerprint density at radius 3 is 2.50 bits per heavy atom. The Labute approximate surface area is 117 Å². The second-order valence-electron chi connectivity index (χ2n) is 5.41. The van der Waals surface area contributed by atoms with Gasteiger partial charge in [0.2, 0.25) is 0 Å². The summed E-state index contributed by atoms with van der Waals surface area (Å²) in [6.07, 6.45) is -0.301. The van der Waals surface area contributed by atoms with Crippen LogP contribution in [0.5, 0.6) is 0 Å². The maximum atomic E-state index is 11.8. The highest BCUT2D eigenvalue weighted by Crippen LogP contribution is 2.18. The number of carbonyl (C=O) groups is 1. The average molecular weight is 314 g/mol. The molecule has 0 atom stereocenters. The molecule has 18 heavy (non-hydrogen) atoms. The van der Waals surface area contributed by atoms with Gasteiger partial charge in [0, 0.05) is 18.1 Å². The van der Waals surface area contributed by atoms with Crippen LogP contribution in [-0.2, 0) is 11.3 Å². The van der Waals surface area contributed by atoms with Gasteiger partial charge < -0.3 is 9.64 Å². The third kappa shape index (κ3) is 4.69. The van der Waals surface area contributed by atoms with Gasteiger partial charge >= 0.3 is 6.09 Å². The fourth-order valence-corrected chi connectivity index (χ4v) is 1.97. The topological polar surface area (TPSA) is 29.5 Å². The van der Waals surface area contributed by atoms with E-state index in [4.69, 9.17) is 4.74 Å². The lowest BCUT2D eigenvalue weighted by Gasteiger charge is -2.25. The van der Waals surface area contributed by atoms with Crippen LogP contribution in [0.2, 0.25) is 0 Å². The van der Waals surface area contributed by atoms with Crippen molar-refractivity contribution in [2.24, 2.45) is 0 Å². The number of nitrogens with zero attached hydrogens (tertiary/aromatic N) is 1. The number of hydrogen-bond donors (Lipinski definition) is 0. The second-order valence-corrected chi connectivity index (χ2v) is 6.32. The Balaban J connectivity index is 2.69. The van der Waals surface area contributed by atoms with Crippen LogP contribution in [-0.4, -0.2) is 23.6 Å². The predicted molar refractivity (Wildman–Crippen MR) is 76.6 cm³/mol. The van der Waals surface area contributed by atoms with Crippen molar-refractivity contribution in [2.75, 3.05) is 7.05 Å². The van der Waals surface area contributed by atoms with Gasteiger partial charge in [0.1, 0.15) is 5.60 Å². The number of ether oxygens (including phenoxy) is 1. The molecule has 0 fully saturated rings. The molecule has 1 aromatic rings. The highest BCUT2D eigenvalue weighted by molar-refractivity contribution is 9.10. The molecule has 0 N–H and O–H groups in total. The largest absolute Gasteiger partial charge is 0.444 e. The Morgan fingerprint density at radius 2 is 2.00 bits per heavy atom. The van der Waals surface area contributed by atoms with Gasteiger partial charge in [-0.2, -0.15) is 0 Å². The van der Waals surface area contributed by atoms with E-state index in [1.54, 1.807) is 11.9 Å². The molecule has 4 heteroatoms. The molecule has 0 unspecified atom stereocenters. The number of hydrogen-bond acceptors (Lipinski definition) is 2. The molecule has 0 spiro atoms. The van der Waals surface area contributed by atoms with Crippen LogP contribution < -0.4 is 0 Å². The molecule has 100 valence electrons. The van der Waals surface area contributed by atoms with Crippen LogP contribution >= 0.6 is 15.9 Å². The smallest absolute Gasteiger partial charge is 0.410 e. The summed E-state index contributed by atoms with van der Waals surface area (Å²) >= 11 is 3.43. The number of aryl methyl sites for hydroxylation is 1. The van der Waals surface area contributed by atoms with Crippen molar-refractivity contribution in [2.45, 2.75) is 39.8 Å². The van der Waals surface area contributed by atoms with E-state index in [0.29, 0.717) is 6.54 Å². The molecule has 0 saturated carbocycles. The van der Waals surface area contributed by atoms with Gasteiger partial charge in [-0.15, -0.1) is 0 Å². The van der Waals surface area contributed by atoms with Crippen molar-refractivity contribution in [3.8, 4) is 0 Å². The van der Waals surface area contributed by atoms with Crippen LogP contribution in [0.25, 0.3) is 0 Å². The quantitative estimate of drug-likeness (QED) is 0.821. The predicted octanol–water partition coefficient (Wildman–Crippen LogP) is 4.12. The van der Waals surface area contributed by atoms with E-state index >= 15 is 0 Å². The highest BCUT2D eigenvalue weighted by atomic mass is 79.9. The summed E-state index contributed by atoms with van der Waals surface area (Å²) in [6, 6.07) is 6.03. The Morgan fingerprint density at radius 1 is 1.39 bits per heavy atom. The van der Waals surface area contributed by atoms with Crippen LogP contribution in [0.15, 0.2) is 22.7 Å². The molecular formula is C14H20BrNO2. The first-order valence-electron chi connectivity index (χ1n) is 5.88. The third-order valence-corrected chi connectivity index (χ3v) is 2.91. The number of amides is 1. The van der Waals surface area contributed by atoms with Gasteiger partial charge in [-0.1, -0.05) is 22.0 Å². The molecule has 3 nitrogen and oxygen atoms in total. The summed E-state index contributed by atoms with van der Waals surface area (Å²) in [7, 11) is 1.75. The molecular weight excluding hydrogens is 294 g/mol. The summed E-state index contributed by atoms with van der Waals surface area (Å²) in [4.78, 5) is 13.4. The minimum absolute atomic E-state index is 0.301. The fourth-order valence-electron chi connectivity index (χ4n) is 1.50. The van der Waals surface area contributed by atoms with Gasteiger partial charge in [-0.05, 0) is 51.0 Å². The third-order valence-electron chi connectivity index (χ3n) is 2.42. The molecule has 0 aromatic heterocycles. The zero-order chi connectivity index (χ0) is 13.9. The standard InChI is InChI=1S/C14H20BrNO2/c1-10-8-12(15)7-6-11(10)9-16(5)13(17)18-14(2,3)4/h6-8H,9H2,1-5H3. The van der Waals surface area contributed by atoms with E-state index in [-0.39, 0.29) is 6.09 Å². The molecule has 0 aliphatic rings. The van der Waals surface area contributed by atoms with E-state index < -0.39 is 5.60 Å². The average Bonchev–Trinajstić information content (AvgIpc) is 2.19. The second kappa shape index (κ2) is 5.74. The first kappa shape index (κ1) is 15.0. The monoisotopic (exact) mass is 313 g/mol. The molecule has 0 heterocycles. The lowest BCUT2D eigenvalue weighted by atomic mass is 10.1. The van der Waals surface area contributed by atoms with Crippen molar-refractivity contribution in [3.05, 3.63) is 33.8 Å². The minimum atomic E-state index is -0.458. The molecule has 1 amide bonds. The summed E-state index contributed by atoms with van der Waals surface area (Å²) in [5.74, 6) is 0. The highest BCUT2D eigenvalue weighted by Gasteiger charge is 2.19. The first-order valence-corrected chi connectivity index (χ1v) is 6.67. The molecule has 1 aromatic carbocycles. The SMILES string of the molecule is Cc1cc(Br)ccc1CN(C)C(=O)OC(C)(C)C. The minimum Gasteiger partial charge on any atom is -0.444 e. The van der Waals surface area contributed by atoms with Gasteiger partial charge in [-0.25, -0.2) is 4.79 Å². The van der Waals surface area contributed by atoms with E-state index in [1.165, 1.54) is 0 Å².